The summed E-state index contributed by atoms with van der Waals surface area (Å²) in [5.74, 6) is 2.16. The lowest BCUT2D eigenvalue weighted by molar-refractivity contribution is -0.570. The first-order valence-corrected chi connectivity index (χ1v) is 25.5. The Bertz CT molecular complexity index is 4960. The lowest BCUT2D eigenvalue weighted by atomic mass is 9.86. The molecule has 0 N–H and O–H groups in total. The fourth-order valence-electron chi connectivity index (χ4n) is 11.4. The van der Waals surface area contributed by atoms with Crippen LogP contribution in [0.3, 0.4) is 0 Å². The van der Waals surface area contributed by atoms with Crippen LogP contribution >= 0.6 is 0 Å². The maximum absolute atomic E-state index is 9.08. The van der Waals surface area contributed by atoms with Gasteiger partial charge in [-0.2, -0.15) is 0 Å². The van der Waals surface area contributed by atoms with E-state index < -0.39 is 6.04 Å². The van der Waals surface area contributed by atoms with Crippen molar-refractivity contribution in [2.75, 3.05) is 0 Å². The minimum absolute atomic E-state index is 0.0637. The van der Waals surface area contributed by atoms with Gasteiger partial charge in [-0.25, -0.2) is 4.98 Å². The Balaban J connectivity index is 0.948. The average Bonchev–Trinajstić information content (AvgIpc) is 4.34. The van der Waals surface area contributed by atoms with Crippen molar-refractivity contribution in [3.8, 4) is 84.3 Å². The number of ether oxygens (including phenoxy) is 1. The van der Waals surface area contributed by atoms with Crippen LogP contribution in [0.4, 0.5) is 0 Å². The first kappa shape index (κ1) is 38.8. The van der Waals surface area contributed by atoms with Crippen molar-refractivity contribution in [1.29, 1.82) is 0 Å². The van der Waals surface area contributed by atoms with Gasteiger partial charge in [-0.1, -0.05) is 172 Å². The number of imidazole rings is 1. The van der Waals surface area contributed by atoms with E-state index in [2.05, 4.69) is 168 Å². The third kappa shape index (κ3) is 6.95. The molecule has 6 heteroatoms. The van der Waals surface area contributed by atoms with E-state index >= 15 is 0 Å². The molecule has 15 rings (SSSR count). The molecule has 0 atom stereocenters. The van der Waals surface area contributed by atoms with Crippen molar-refractivity contribution in [3.63, 3.8) is 0 Å². The molecule has 0 saturated carbocycles. The highest BCUT2D eigenvalue weighted by Crippen LogP contribution is 2.47. The molecule has 5 heterocycles. The van der Waals surface area contributed by atoms with Gasteiger partial charge in [-0.05, 0) is 139 Å². The zero-order valence-corrected chi connectivity index (χ0v) is 41.7. The number of furan rings is 1. The molecule has 0 aliphatic carbocycles. The lowest BCUT2D eigenvalue weighted by Gasteiger charge is -2.20. The van der Waals surface area contributed by atoms with Crippen molar-refractivity contribution in [2.24, 2.45) is 0 Å². The summed E-state index contributed by atoms with van der Waals surface area (Å²) < 4.78 is 63.6. The van der Waals surface area contributed by atoms with Gasteiger partial charge in [0.2, 0.25) is 0 Å². The number of benzene rings is 10. The molecule has 14 aromatic rings. The standard InChI is InChI=1S/C70H48N4O2/c1-70(2,3)47-36-37-71-67(40-47)74-62-27-11-9-22-55(62)56-34-32-50(42-64(56)74)75-49-19-13-18-48(41-49)72-43-73-68-51(46-31-35-66-61(39-46)57-23-10-12-29-65(57)76-66)24-14-25-59(68)60-38-45(44-16-5-4-6-17-44)30-33-54(60)52-20-7-8-21-53(52)58-26-15-28-63(72)69(58)73/h4-42H,1-3H3/i4D,5D,6D,16D,17D. The normalized spacial score (nSPS) is 13.1. The number of hydrogen-bond acceptors (Lipinski definition) is 3. The van der Waals surface area contributed by atoms with Crippen LogP contribution in [0.15, 0.2) is 241 Å². The second-order valence-electron chi connectivity index (χ2n) is 20.5. The molecule has 0 saturated heterocycles. The Labute approximate surface area is 446 Å². The predicted octanol–water partition coefficient (Wildman–Crippen LogP) is 17.8. The highest BCUT2D eigenvalue weighted by atomic mass is 16.5. The van der Waals surface area contributed by atoms with Crippen LogP contribution in [0.25, 0.3) is 128 Å². The van der Waals surface area contributed by atoms with E-state index in [4.69, 9.17) is 21.0 Å². The minimum Gasteiger partial charge on any atom is -0.458 e. The highest BCUT2D eigenvalue weighted by molar-refractivity contribution is 6.10. The molecule has 76 heavy (non-hydrogen) atoms. The Morgan fingerprint density at radius 1 is 0.500 bits per heavy atom. The molecule has 360 valence electrons. The zero-order chi connectivity index (χ0) is 55.0. The molecular formula is C70H48N4O2. The number of aromatic nitrogens is 4. The smallest absolute Gasteiger partial charge is 0.269 e. The van der Waals surface area contributed by atoms with Crippen molar-refractivity contribution < 1.29 is 20.6 Å². The van der Waals surface area contributed by atoms with Gasteiger partial charge in [0.1, 0.15) is 28.5 Å². The second kappa shape index (κ2) is 16.9. The molecule has 1 aliphatic rings. The maximum Gasteiger partial charge on any atom is 0.269 e. The summed E-state index contributed by atoms with van der Waals surface area (Å²) >= 11 is 0. The molecule has 4 aromatic heterocycles. The Kier molecular flexibility index (Phi) is 8.62. The summed E-state index contributed by atoms with van der Waals surface area (Å²) in [6.45, 7) is 6.65. The largest absolute Gasteiger partial charge is 0.458 e. The van der Waals surface area contributed by atoms with E-state index in [-0.39, 0.29) is 35.1 Å². The molecule has 6 nitrogen and oxygen atoms in total. The molecule has 0 amide bonds. The van der Waals surface area contributed by atoms with Crippen LogP contribution < -0.4 is 9.30 Å². The van der Waals surface area contributed by atoms with Crippen LogP contribution in [0.5, 0.6) is 11.5 Å². The van der Waals surface area contributed by atoms with E-state index in [1.165, 1.54) is 5.56 Å². The van der Waals surface area contributed by atoms with Crippen molar-refractivity contribution >= 4 is 54.8 Å². The molecule has 0 spiro atoms. The molecular weight excluding hydrogens is 929 g/mol. The number of para-hydroxylation sites is 4. The van der Waals surface area contributed by atoms with Gasteiger partial charge in [0.15, 0.2) is 0 Å². The van der Waals surface area contributed by atoms with Gasteiger partial charge in [-0.3, -0.25) is 13.7 Å². The number of rotatable bonds is 6. The van der Waals surface area contributed by atoms with Crippen molar-refractivity contribution in [3.05, 3.63) is 248 Å². The SMILES string of the molecule is [2H]c1c([2H])c([2H])c(-c2ccc3c(c2)-c2cccc(-c4ccc5oc6ccccc6c5c4)c2-[n+]2[c-]n(-c4cccc(Oc5ccc6c7ccccc7n(-c7cc(C(C)(C)C)ccn7)c6c5)c4)c4cccc(c42)-c2ccccc2-3)c([2H])c1[2H]. The van der Waals surface area contributed by atoms with E-state index in [1.807, 2.05) is 79.0 Å². The first-order chi connectivity index (χ1) is 39.4. The van der Waals surface area contributed by atoms with Crippen LogP contribution in [0.2, 0.25) is 0 Å². The molecule has 1 aliphatic heterocycles. The lowest BCUT2D eigenvalue weighted by Crippen LogP contribution is -2.32. The fourth-order valence-corrected chi connectivity index (χ4v) is 11.4. The van der Waals surface area contributed by atoms with Gasteiger partial charge in [0, 0.05) is 33.8 Å². The second-order valence-corrected chi connectivity index (χ2v) is 20.5. The van der Waals surface area contributed by atoms with E-state index in [1.54, 1.807) is 0 Å². The van der Waals surface area contributed by atoms with E-state index in [0.29, 0.717) is 17.1 Å². The summed E-state index contributed by atoms with van der Waals surface area (Å²) in [5.41, 5.74) is 16.3. The summed E-state index contributed by atoms with van der Waals surface area (Å²) in [4.78, 5) is 4.91. The van der Waals surface area contributed by atoms with Gasteiger partial charge in [-0.15, -0.1) is 0 Å². The fraction of sp³-hybridized carbons (Fsp3) is 0.0571. The molecule has 0 fully saturated rings. The van der Waals surface area contributed by atoms with E-state index in [0.717, 1.165) is 116 Å². The summed E-state index contributed by atoms with van der Waals surface area (Å²) in [6, 6.07) is 66.7. The summed E-state index contributed by atoms with van der Waals surface area (Å²) in [5, 5.41) is 4.23. The van der Waals surface area contributed by atoms with Crippen LogP contribution in [0, 0.1) is 6.33 Å². The predicted molar refractivity (Wildman–Crippen MR) is 309 cm³/mol. The van der Waals surface area contributed by atoms with Crippen LogP contribution in [-0.2, 0) is 5.41 Å². The van der Waals surface area contributed by atoms with E-state index in [9.17, 15) is 0 Å². The number of nitrogens with zero attached hydrogens (tertiary/aromatic N) is 4. The van der Waals surface area contributed by atoms with Gasteiger partial charge in [0.05, 0.1) is 40.3 Å². The summed E-state index contributed by atoms with van der Waals surface area (Å²) in [7, 11) is 0. The molecule has 0 radical (unpaired) electrons. The van der Waals surface area contributed by atoms with Crippen molar-refractivity contribution in [1.82, 2.24) is 14.1 Å². The van der Waals surface area contributed by atoms with Crippen LogP contribution in [0.1, 0.15) is 33.2 Å². The third-order valence-electron chi connectivity index (χ3n) is 15.0. The maximum atomic E-state index is 9.08. The first-order valence-electron chi connectivity index (χ1n) is 28.0. The van der Waals surface area contributed by atoms with Crippen LogP contribution in [-0.4, -0.2) is 14.1 Å². The van der Waals surface area contributed by atoms with Crippen molar-refractivity contribution in [2.45, 2.75) is 26.2 Å². The molecule has 10 aromatic carbocycles. The topological polar surface area (TPSA) is 49.0 Å². The average molecular weight is 982 g/mol. The zero-order valence-electron chi connectivity index (χ0n) is 46.7. The summed E-state index contributed by atoms with van der Waals surface area (Å²) in [6.07, 6.45) is 5.80. The molecule has 0 unspecified atom stereocenters. The number of hydrogen-bond donors (Lipinski definition) is 0. The van der Waals surface area contributed by atoms with Gasteiger partial charge < -0.3 is 9.15 Å². The third-order valence-corrected chi connectivity index (χ3v) is 15.0. The monoisotopic (exact) mass is 981 g/mol. The Morgan fingerprint density at radius 3 is 2.07 bits per heavy atom. The number of pyridine rings is 1. The Morgan fingerprint density at radius 2 is 1.18 bits per heavy atom. The minimum atomic E-state index is -0.435. The molecule has 0 bridgehead atoms. The van der Waals surface area contributed by atoms with Gasteiger partial charge in [0.25, 0.3) is 6.33 Å². The number of fused-ring (bicyclic) bond motifs is 13. The Hall–Kier alpha value is -9.78. The quantitative estimate of drug-likeness (QED) is 0.123. The highest BCUT2D eigenvalue weighted by Gasteiger charge is 2.27. The van der Waals surface area contributed by atoms with Gasteiger partial charge >= 0.3 is 0 Å².